The molecule has 2 aromatic rings. The maximum Gasteiger partial charge on any atom is 0.339 e. The van der Waals surface area contributed by atoms with Crippen LogP contribution in [-0.2, 0) is 14.3 Å². The predicted octanol–water partition coefficient (Wildman–Crippen LogP) is 3.47. The van der Waals surface area contributed by atoms with Gasteiger partial charge in [0.1, 0.15) is 5.75 Å². The van der Waals surface area contributed by atoms with Crippen LogP contribution in [0.15, 0.2) is 53.4 Å². The van der Waals surface area contributed by atoms with E-state index in [1.54, 1.807) is 36.4 Å². The van der Waals surface area contributed by atoms with Crippen molar-refractivity contribution in [2.24, 2.45) is 0 Å². The number of hydrogen-bond acceptors (Lipinski definition) is 7. The summed E-state index contributed by atoms with van der Waals surface area (Å²) in [5, 5.41) is 4.64. The second kappa shape index (κ2) is 11.4. The number of thioether (sulfide) groups is 1. The van der Waals surface area contributed by atoms with Crippen molar-refractivity contribution in [3.05, 3.63) is 54.1 Å². The number of methoxy groups -OCH3 is 1. The molecule has 0 bridgehead atoms. The van der Waals surface area contributed by atoms with Crippen LogP contribution < -0.4 is 15.4 Å². The van der Waals surface area contributed by atoms with Gasteiger partial charge < -0.3 is 19.5 Å². The average Bonchev–Trinajstić information content (AvgIpc) is 3.30. The quantitative estimate of drug-likeness (QED) is 0.475. The summed E-state index contributed by atoms with van der Waals surface area (Å²) in [5.74, 6) is 0.0317. The topological polar surface area (TPSA) is 103 Å². The molecule has 0 aliphatic carbocycles. The molecule has 0 spiro atoms. The van der Waals surface area contributed by atoms with Crippen LogP contribution in [0.3, 0.4) is 0 Å². The van der Waals surface area contributed by atoms with E-state index >= 15 is 0 Å². The summed E-state index contributed by atoms with van der Waals surface area (Å²) in [5.41, 5.74) is 0.862. The number of anilines is 1. The number of ether oxygens (including phenoxy) is 3. The van der Waals surface area contributed by atoms with Crippen molar-refractivity contribution in [3.8, 4) is 5.75 Å². The minimum Gasteiger partial charge on any atom is -0.497 e. The van der Waals surface area contributed by atoms with Crippen LogP contribution in [0.25, 0.3) is 0 Å². The van der Waals surface area contributed by atoms with Gasteiger partial charge in [0.05, 0.1) is 18.8 Å². The zero-order valence-corrected chi connectivity index (χ0v) is 17.9. The first kappa shape index (κ1) is 22.6. The fourth-order valence-corrected chi connectivity index (χ4v) is 4.04. The molecule has 3 rings (SSSR count). The van der Waals surface area contributed by atoms with Crippen LogP contribution in [0.5, 0.6) is 5.75 Å². The average molecular weight is 445 g/mol. The molecule has 1 aliphatic heterocycles. The zero-order chi connectivity index (χ0) is 22.1. The van der Waals surface area contributed by atoms with Gasteiger partial charge in [-0.3, -0.25) is 10.1 Å². The highest BCUT2D eigenvalue weighted by molar-refractivity contribution is 7.99. The monoisotopic (exact) mass is 444 g/mol. The molecule has 1 fully saturated rings. The van der Waals surface area contributed by atoms with Crippen molar-refractivity contribution >= 4 is 35.4 Å². The van der Waals surface area contributed by atoms with Crippen LogP contribution in [0, 0.1) is 0 Å². The van der Waals surface area contributed by atoms with Crippen molar-refractivity contribution in [2.45, 2.75) is 23.8 Å². The Bertz CT molecular complexity index is 912. The van der Waals surface area contributed by atoms with Crippen LogP contribution in [0.1, 0.15) is 23.2 Å². The Labute approximate surface area is 184 Å². The second-order valence-electron chi connectivity index (χ2n) is 6.75. The number of nitrogens with one attached hydrogen (secondary N) is 2. The smallest absolute Gasteiger partial charge is 0.339 e. The molecular weight excluding hydrogens is 420 g/mol. The summed E-state index contributed by atoms with van der Waals surface area (Å²) in [6.45, 7) is 0.204. The maximum atomic E-state index is 12.4. The highest BCUT2D eigenvalue weighted by Gasteiger charge is 2.19. The molecule has 3 amide bonds. The number of amides is 3. The predicted molar refractivity (Wildman–Crippen MR) is 117 cm³/mol. The Morgan fingerprint density at radius 1 is 1.13 bits per heavy atom. The molecule has 2 aromatic carbocycles. The molecular formula is C22H24N2O6S. The summed E-state index contributed by atoms with van der Waals surface area (Å²) >= 11 is 1.52. The number of esters is 1. The van der Waals surface area contributed by atoms with Gasteiger partial charge in [-0.05, 0) is 49.2 Å². The molecule has 1 aliphatic rings. The summed E-state index contributed by atoms with van der Waals surface area (Å²) < 4.78 is 15.7. The van der Waals surface area contributed by atoms with Crippen molar-refractivity contribution in [1.82, 2.24) is 5.32 Å². The zero-order valence-electron chi connectivity index (χ0n) is 17.1. The molecule has 1 heterocycles. The minimum absolute atomic E-state index is 0.184. The third-order valence-corrected chi connectivity index (χ3v) is 5.70. The molecule has 9 heteroatoms. The molecule has 1 saturated heterocycles. The van der Waals surface area contributed by atoms with E-state index in [-0.39, 0.29) is 6.10 Å². The lowest BCUT2D eigenvalue weighted by Crippen LogP contribution is -2.37. The first-order valence-corrected chi connectivity index (χ1v) is 10.8. The lowest BCUT2D eigenvalue weighted by atomic mass is 10.2. The van der Waals surface area contributed by atoms with Gasteiger partial charge in [0.2, 0.25) is 0 Å². The fraction of sp³-hybridized carbons (Fsp3) is 0.318. The van der Waals surface area contributed by atoms with Gasteiger partial charge in [0, 0.05) is 22.9 Å². The van der Waals surface area contributed by atoms with E-state index in [0.717, 1.165) is 30.1 Å². The molecule has 0 aromatic heterocycles. The molecule has 0 radical (unpaired) electrons. The molecule has 31 heavy (non-hydrogen) atoms. The second-order valence-corrected chi connectivity index (χ2v) is 7.81. The Balaban J connectivity index is 1.46. The van der Waals surface area contributed by atoms with Gasteiger partial charge in [-0.15, -0.1) is 11.8 Å². The molecule has 0 saturated carbocycles. The van der Waals surface area contributed by atoms with E-state index < -0.39 is 24.5 Å². The highest BCUT2D eigenvalue weighted by Crippen LogP contribution is 2.27. The van der Waals surface area contributed by atoms with Gasteiger partial charge in [0.15, 0.2) is 6.61 Å². The largest absolute Gasteiger partial charge is 0.497 e. The lowest BCUT2D eigenvalue weighted by molar-refractivity contribution is -0.123. The first-order valence-electron chi connectivity index (χ1n) is 9.80. The maximum absolute atomic E-state index is 12.4. The van der Waals surface area contributed by atoms with E-state index in [1.165, 1.54) is 18.9 Å². The molecule has 8 nitrogen and oxygen atoms in total. The summed E-state index contributed by atoms with van der Waals surface area (Å²) in [7, 11) is 1.54. The number of imide groups is 1. The fourth-order valence-electron chi connectivity index (χ4n) is 2.93. The van der Waals surface area contributed by atoms with Crippen molar-refractivity contribution < 1.29 is 28.6 Å². The van der Waals surface area contributed by atoms with Gasteiger partial charge in [-0.25, -0.2) is 9.59 Å². The number of carbonyl (C=O) groups excluding carboxylic acids is 3. The van der Waals surface area contributed by atoms with E-state index in [9.17, 15) is 14.4 Å². The molecule has 2 N–H and O–H groups in total. The van der Waals surface area contributed by atoms with Gasteiger partial charge >= 0.3 is 12.0 Å². The highest BCUT2D eigenvalue weighted by atomic mass is 32.2. The van der Waals surface area contributed by atoms with Crippen LogP contribution >= 0.6 is 11.8 Å². The molecule has 1 atom stereocenters. The Hall–Kier alpha value is -3.04. The molecule has 164 valence electrons. The SMILES string of the molecule is COc1ccc(NC(=O)NC(=O)COC(=O)c2ccccc2SCC2CCCO2)cc1. The first-order chi connectivity index (χ1) is 15.0. The number of hydrogen-bond donors (Lipinski definition) is 2. The van der Waals surface area contributed by atoms with E-state index in [4.69, 9.17) is 14.2 Å². The van der Waals surface area contributed by atoms with Crippen molar-refractivity contribution in [3.63, 3.8) is 0 Å². The lowest BCUT2D eigenvalue weighted by Gasteiger charge is -2.12. The number of carbonyl (C=O) groups is 3. The number of rotatable bonds is 8. The third kappa shape index (κ3) is 7.01. The van der Waals surface area contributed by atoms with Crippen molar-refractivity contribution in [1.29, 1.82) is 0 Å². The Morgan fingerprint density at radius 2 is 1.90 bits per heavy atom. The summed E-state index contributed by atoms with van der Waals surface area (Å²) in [6.07, 6.45) is 2.25. The van der Waals surface area contributed by atoms with Crippen LogP contribution in [0.2, 0.25) is 0 Å². The van der Waals surface area contributed by atoms with Crippen LogP contribution in [-0.4, -0.2) is 50.1 Å². The van der Waals surface area contributed by atoms with Gasteiger partial charge in [-0.2, -0.15) is 0 Å². The summed E-state index contributed by atoms with van der Waals surface area (Å²) in [4.78, 5) is 37.1. The Morgan fingerprint density at radius 3 is 2.61 bits per heavy atom. The number of urea groups is 1. The number of benzene rings is 2. The van der Waals surface area contributed by atoms with E-state index in [0.29, 0.717) is 17.0 Å². The Kier molecular flexibility index (Phi) is 8.31. The standard InChI is InChI=1S/C22H24N2O6S/c1-28-16-10-8-15(9-11-16)23-22(27)24-20(25)13-30-21(26)18-6-2-3-7-19(18)31-14-17-5-4-12-29-17/h2-3,6-11,17H,4-5,12-14H2,1H3,(H2,23,24,25,27). The van der Waals surface area contributed by atoms with Crippen LogP contribution in [0.4, 0.5) is 10.5 Å². The van der Waals surface area contributed by atoms with Crippen molar-refractivity contribution in [2.75, 3.05) is 31.4 Å². The van der Waals surface area contributed by atoms with E-state index in [1.807, 2.05) is 12.1 Å². The third-order valence-electron chi connectivity index (χ3n) is 4.49. The van der Waals surface area contributed by atoms with E-state index in [2.05, 4.69) is 10.6 Å². The normalized spacial score (nSPS) is 15.2. The van der Waals surface area contributed by atoms with Gasteiger partial charge in [0.25, 0.3) is 5.91 Å². The minimum atomic E-state index is -0.733. The van der Waals surface area contributed by atoms with Gasteiger partial charge in [-0.1, -0.05) is 12.1 Å². The summed E-state index contributed by atoms with van der Waals surface area (Å²) in [6, 6.07) is 12.9. The molecule has 1 unspecified atom stereocenters.